The summed E-state index contributed by atoms with van der Waals surface area (Å²) in [6.07, 6.45) is -7.89. The number of rotatable bonds is 3. The topological polar surface area (TPSA) is 82.1 Å². The van der Waals surface area contributed by atoms with Crippen LogP contribution in [-0.2, 0) is 29.2 Å². The Morgan fingerprint density at radius 1 is 1.06 bits per heavy atom. The lowest BCUT2D eigenvalue weighted by Crippen LogP contribution is -2.11. The summed E-state index contributed by atoms with van der Waals surface area (Å²) in [4.78, 5) is 11.9. The minimum Gasteiger partial charge on any atom is -0.310 e. The van der Waals surface area contributed by atoms with Crippen molar-refractivity contribution in [1.82, 2.24) is 23.9 Å². The fourth-order valence-corrected chi connectivity index (χ4v) is 4.98. The van der Waals surface area contributed by atoms with E-state index in [4.69, 9.17) is 0 Å². The molecule has 0 spiro atoms. The summed E-state index contributed by atoms with van der Waals surface area (Å²) in [7, 11) is -2.68. The molecule has 4 aromatic heterocycles. The molecule has 15 heteroatoms. The lowest BCUT2D eigenvalue weighted by molar-refractivity contribution is -0.138. The van der Waals surface area contributed by atoms with Gasteiger partial charge in [-0.25, -0.2) is 23.4 Å². The van der Waals surface area contributed by atoms with Gasteiger partial charge in [0.2, 0.25) is 0 Å². The normalized spacial score (nSPS) is 13.4. The van der Waals surface area contributed by atoms with Crippen molar-refractivity contribution in [3.63, 3.8) is 0 Å². The molecule has 0 aliphatic heterocycles. The van der Waals surface area contributed by atoms with Crippen LogP contribution in [-0.4, -0.2) is 38.1 Å². The van der Waals surface area contributed by atoms with Gasteiger partial charge in [-0.3, -0.25) is 4.40 Å². The Labute approximate surface area is 190 Å². The van der Waals surface area contributed by atoms with E-state index in [1.54, 1.807) is 0 Å². The van der Waals surface area contributed by atoms with Gasteiger partial charge in [0, 0.05) is 23.9 Å². The Bertz CT molecular complexity index is 1520. The molecule has 0 bridgehead atoms. The molecule has 0 atom stereocenters. The second-order valence-corrected chi connectivity index (χ2v) is 10.0. The monoisotopic (exact) mass is 555 g/mol. The van der Waals surface area contributed by atoms with Crippen molar-refractivity contribution in [3.8, 4) is 11.5 Å². The van der Waals surface area contributed by atoms with Crippen LogP contribution in [0.2, 0.25) is 0 Å². The van der Waals surface area contributed by atoms with E-state index < -0.39 is 48.6 Å². The van der Waals surface area contributed by atoms with Crippen molar-refractivity contribution in [3.05, 3.63) is 40.1 Å². The van der Waals surface area contributed by atoms with E-state index in [-0.39, 0.29) is 28.3 Å². The lowest BCUT2D eigenvalue weighted by atomic mass is 10.2. The Morgan fingerprint density at radius 2 is 1.73 bits per heavy atom. The van der Waals surface area contributed by atoms with E-state index in [0.29, 0.717) is 12.3 Å². The van der Waals surface area contributed by atoms with Gasteiger partial charge in [0.05, 0.1) is 16.9 Å². The van der Waals surface area contributed by atoms with Gasteiger partial charge in [-0.1, -0.05) is 6.92 Å². The van der Waals surface area contributed by atoms with Crippen LogP contribution < -0.4 is 0 Å². The summed E-state index contributed by atoms with van der Waals surface area (Å²) >= 11 is 2.81. The van der Waals surface area contributed by atoms with Crippen LogP contribution in [0.4, 0.5) is 26.3 Å². The molecule has 0 amide bonds. The third-order valence-electron chi connectivity index (χ3n) is 4.90. The first-order chi connectivity index (χ1) is 15.1. The maximum absolute atomic E-state index is 13.3. The highest BCUT2D eigenvalue weighted by Crippen LogP contribution is 2.38. The molecular weight excluding hydrogens is 544 g/mol. The number of sulfone groups is 1. The Hall–Kier alpha value is -2.68. The van der Waals surface area contributed by atoms with E-state index in [9.17, 15) is 34.8 Å². The van der Waals surface area contributed by atoms with E-state index in [2.05, 4.69) is 30.9 Å². The van der Waals surface area contributed by atoms with Crippen LogP contribution in [0.3, 0.4) is 0 Å². The van der Waals surface area contributed by atoms with E-state index >= 15 is 0 Å². The number of pyridine rings is 2. The summed E-state index contributed by atoms with van der Waals surface area (Å²) < 4.78 is 107. The highest BCUT2D eigenvalue weighted by molar-refractivity contribution is 9.10. The largest absolute Gasteiger partial charge is 0.417 e. The van der Waals surface area contributed by atoms with Crippen LogP contribution in [0.15, 0.2) is 34.0 Å². The van der Waals surface area contributed by atoms with Crippen LogP contribution in [0.1, 0.15) is 18.1 Å². The molecule has 7 nitrogen and oxygen atoms in total. The number of nitrogens with zero attached hydrogens (tertiary/aromatic N) is 5. The van der Waals surface area contributed by atoms with Crippen LogP contribution in [0.25, 0.3) is 28.3 Å². The molecule has 4 rings (SSSR count). The summed E-state index contributed by atoms with van der Waals surface area (Å²) in [6, 6.07) is 1.42. The highest BCUT2D eigenvalue weighted by Gasteiger charge is 2.36. The zero-order chi connectivity index (χ0) is 24.5. The number of aromatic nitrogens is 5. The molecule has 0 saturated carbocycles. The van der Waals surface area contributed by atoms with Gasteiger partial charge in [-0.2, -0.15) is 26.3 Å². The molecule has 4 aromatic rings. The SMILES string of the molecule is CCS(=O)(=O)c1c(-c2nc3cc(C(F)(F)F)cnc3n2C)nc2cc(C(F)(F)F)c(Br)cn12. The second kappa shape index (κ2) is 7.41. The van der Waals surface area contributed by atoms with Gasteiger partial charge in [0.1, 0.15) is 16.9 Å². The number of imidazole rings is 2. The maximum Gasteiger partial charge on any atom is 0.417 e. The molecule has 0 aliphatic carbocycles. The molecule has 0 radical (unpaired) electrons. The fourth-order valence-electron chi connectivity index (χ4n) is 3.28. The molecule has 0 aromatic carbocycles. The average Bonchev–Trinajstić information content (AvgIpc) is 3.23. The predicted octanol–water partition coefficient (Wildman–Crippen LogP) is 4.88. The first kappa shape index (κ1) is 23.5. The molecule has 0 N–H and O–H groups in total. The molecule has 4 heterocycles. The molecular formula is C18H12BrF6N5O2S. The summed E-state index contributed by atoms with van der Waals surface area (Å²) in [6.45, 7) is 1.34. The van der Waals surface area contributed by atoms with Crippen molar-refractivity contribution < 1.29 is 34.8 Å². The average molecular weight is 556 g/mol. The second-order valence-electron chi connectivity index (χ2n) is 6.99. The van der Waals surface area contributed by atoms with Crippen molar-refractivity contribution in [2.75, 3.05) is 5.75 Å². The van der Waals surface area contributed by atoms with E-state index in [0.717, 1.165) is 16.7 Å². The van der Waals surface area contributed by atoms with Gasteiger partial charge < -0.3 is 4.57 Å². The first-order valence-electron chi connectivity index (χ1n) is 9.06. The Kier molecular flexibility index (Phi) is 5.27. The molecule has 0 saturated heterocycles. The third kappa shape index (κ3) is 3.86. The highest BCUT2D eigenvalue weighted by atomic mass is 79.9. The molecule has 0 aliphatic rings. The van der Waals surface area contributed by atoms with Crippen molar-refractivity contribution in [1.29, 1.82) is 0 Å². The molecule has 33 heavy (non-hydrogen) atoms. The zero-order valence-corrected chi connectivity index (χ0v) is 19.0. The number of halogens is 7. The number of hydrogen-bond donors (Lipinski definition) is 0. The number of hydrogen-bond acceptors (Lipinski definition) is 5. The van der Waals surface area contributed by atoms with Gasteiger partial charge in [-0.05, 0) is 28.1 Å². The number of fused-ring (bicyclic) bond motifs is 2. The summed E-state index contributed by atoms with van der Waals surface area (Å²) in [5.41, 5.74) is -2.95. The molecule has 0 fully saturated rings. The smallest absolute Gasteiger partial charge is 0.310 e. The van der Waals surface area contributed by atoms with Gasteiger partial charge in [0.25, 0.3) is 0 Å². The minimum absolute atomic E-state index is 0.00654. The van der Waals surface area contributed by atoms with Gasteiger partial charge in [0.15, 0.2) is 26.3 Å². The molecule has 0 unspecified atom stereocenters. The van der Waals surface area contributed by atoms with Crippen molar-refractivity contribution in [2.45, 2.75) is 24.3 Å². The fraction of sp³-hybridized carbons (Fsp3) is 0.278. The summed E-state index contributed by atoms with van der Waals surface area (Å²) in [5, 5.41) is -0.441. The minimum atomic E-state index is -4.74. The lowest BCUT2D eigenvalue weighted by Gasteiger charge is -2.10. The number of aryl methyl sites for hydroxylation is 1. The summed E-state index contributed by atoms with van der Waals surface area (Å²) in [5.74, 6) is -0.579. The van der Waals surface area contributed by atoms with Crippen LogP contribution in [0.5, 0.6) is 0 Å². The maximum atomic E-state index is 13.3. The predicted molar refractivity (Wildman–Crippen MR) is 108 cm³/mol. The van der Waals surface area contributed by atoms with E-state index in [1.807, 2.05) is 0 Å². The van der Waals surface area contributed by atoms with Crippen molar-refractivity contribution in [2.24, 2.45) is 7.05 Å². The Morgan fingerprint density at radius 3 is 2.30 bits per heavy atom. The van der Waals surface area contributed by atoms with E-state index in [1.165, 1.54) is 18.5 Å². The van der Waals surface area contributed by atoms with Gasteiger partial charge in [-0.15, -0.1) is 0 Å². The number of alkyl halides is 6. The van der Waals surface area contributed by atoms with Crippen molar-refractivity contribution >= 4 is 42.6 Å². The third-order valence-corrected chi connectivity index (χ3v) is 7.27. The van der Waals surface area contributed by atoms with Crippen LogP contribution in [0, 0.1) is 0 Å². The quantitative estimate of drug-likeness (QED) is 0.337. The van der Waals surface area contributed by atoms with Crippen LogP contribution >= 0.6 is 15.9 Å². The standard InChI is InChI=1S/C18H12BrF6N5O2S/c1-3-33(31,32)16-13(28-12-5-9(18(23,24)25)10(19)7-30(12)16)15-27-11-4-8(17(20,21)22)6-26-14(11)29(15)2/h4-7H,3H2,1-2H3. The van der Waals surface area contributed by atoms with Gasteiger partial charge >= 0.3 is 12.4 Å². The zero-order valence-electron chi connectivity index (χ0n) is 16.6. The first-order valence-corrected chi connectivity index (χ1v) is 11.5. The molecule has 176 valence electrons. The Balaban J connectivity index is 2.07.